The Hall–Kier alpha value is -2.62. The van der Waals surface area contributed by atoms with Crippen molar-refractivity contribution in [1.29, 1.82) is 0 Å². The number of benzene rings is 2. The molecule has 0 atom stereocenters. The summed E-state index contributed by atoms with van der Waals surface area (Å²) in [4.78, 5) is 21.1. The summed E-state index contributed by atoms with van der Waals surface area (Å²) < 4.78 is 28.8. The van der Waals surface area contributed by atoms with Crippen LogP contribution in [0.5, 0.6) is 5.75 Å². The van der Waals surface area contributed by atoms with E-state index in [9.17, 15) is 13.6 Å². The van der Waals surface area contributed by atoms with E-state index in [1.165, 1.54) is 23.5 Å². The number of carbonyl (C=O) groups is 1. The minimum absolute atomic E-state index is 0.0683. The first-order valence-corrected chi connectivity index (χ1v) is 11.3. The molecule has 1 aliphatic heterocycles. The van der Waals surface area contributed by atoms with E-state index in [1.807, 2.05) is 12.1 Å². The Bertz CT molecular complexity index is 1090. The molecule has 0 spiro atoms. The average Bonchev–Trinajstić information content (AvgIpc) is 3.25. The maximum Gasteiger partial charge on any atom is 0.387 e. The van der Waals surface area contributed by atoms with Crippen molar-refractivity contribution >= 4 is 57.0 Å². The predicted octanol–water partition coefficient (Wildman–Crippen LogP) is 5.76. The molecule has 11 heteroatoms. The van der Waals surface area contributed by atoms with Crippen molar-refractivity contribution < 1.29 is 18.3 Å². The van der Waals surface area contributed by atoms with Gasteiger partial charge in [0.1, 0.15) is 11.4 Å². The van der Waals surface area contributed by atoms with Gasteiger partial charge in [0.2, 0.25) is 0 Å². The molecule has 1 N–H and O–H groups in total. The lowest BCUT2D eigenvalue weighted by atomic mass is 10.2. The number of nitrogens with one attached hydrogen (secondary N) is 1. The van der Waals surface area contributed by atoms with Gasteiger partial charge in [-0.25, -0.2) is 4.98 Å². The fourth-order valence-corrected chi connectivity index (χ4v) is 4.44. The van der Waals surface area contributed by atoms with Crippen LogP contribution in [0.15, 0.2) is 47.8 Å². The SMILES string of the molecule is O=C(c1csc(Nc2ccc(OC(F)F)cc2)n1)N1CCN(c2cccc(Cl)c2Cl)CC1. The Morgan fingerprint density at radius 3 is 2.50 bits per heavy atom. The fraction of sp³-hybridized carbons (Fsp3) is 0.238. The smallest absolute Gasteiger partial charge is 0.387 e. The highest BCUT2D eigenvalue weighted by atomic mass is 35.5. The molecule has 1 aromatic heterocycles. The summed E-state index contributed by atoms with van der Waals surface area (Å²) in [5.41, 5.74) is 1.85. The van der Waals surface area contributed by atoms with Gasteiger partial charge in [-0.05, 0) is 36.4 Å². The first kappa shape index (κ1) is 22.6. The van der Waals surface area contributed by atoms with Gasteiger partial charge in [0.25, 0.3) is 5.91 Å². The third kappa shape index (κ3) is 5.23. The number of hydrogen-bond acceptors (Lipinski definition) is 6. The third-order valence-electron chi connectivity index (χ3n) is 4.89. The standard InChI is InChI=1S/C21H18Cl2F2N4O2S/c22-15-2-1-3-17(18(15)23)28-8-10-29(11-9-28)19(30)16-12-32-21(27-16)26-13-4-6-14(7-5-13)31-20(24)25/h1-7,12,20H,8-11H2,(H,26,27). The molecule has 32 heavy (non-hydrogen) atoms. The van der Waals surface area contributed by atoms with Gasteiger partial charge in [0.15, 0.2) is 5.13 Å². The number of rotatable bonds is 6. The average molecular weight is 499 g/mol. The highest BCUT2D eigenvalue weighted by Crippen LogP contribution is 2.33. The highest BCUT2D eigenvalue weighted by Gasteiger charge is 2.25. The molecule has 0 saturated carbocycles. The number of aromatic nitrogens is 1. The molecule has 6 nitrogen and oxygen atoms in total. The molecular formula is C21H18Cl2F2N4O2S. The van der Waals surface area contributed by atoms with Crippen molar-refractivity contribution in [3.8, 4) is 5.75 Å². The predicted molar refractivity (Wildman–Crippen MR) is 123 cm³/mol. The Labute approximate surface area is 197 Å². The molecule has 2 heterocycles. The van der Waals surface area contributed by atoms with Gasteiger partial charge >= 0.3 is 6.61 Å². The Morgan fingerprint density at radius 2 is 1.81 bits per heavy atom. The number of carbonyl (C=O) groups excluding carboxylic acids is 1. The number of nitrogens with zero attached hydrogens (tertiary/aromatic N) is 3. The van der Waals surface area contributed by atoms with E-state index < -0.39 is 6.61 Å². The normalized spacial score (nSPS) is 14.0. The van der Waals surface area contributed by atoms with Gasteiger partial charge in [-0.3, -0.25) is 4.79 Å². The number of hydrogen-bond donors (Lipinski definition) is 1. The third-order valence-corrected chi connectivity index (χ3v) is 6.46. The summed E-state index contributed by atoms with van der Waals surface area (Å²) in [6.45, 7) is -0.533. The molecule has 1 fully saturated rings. The molecule has 1 saturated heterocycles. The molecule has 1 amide bonds. The second kappa shape index (κ2) is 9.89. The van der Waals surface area contributed by atoms with Crippen LogP contribution >= 0.6 is 34.5 Å². The van der Waals surface area contributed by atoms with Gasteiger partial charge < -0.3 is 19.9 Å². The quantitative estimate of drug-likeness (QED) is 0.468. The molecule has 168 valence electrons. The van der Waals surface area contributed by atoms with E-state index in [-0.39, 0.29) is 11.7 Å². The van der Waals surface area contributed by atoms with Gasteiger partial charge in [-0.15, -0.1) is 11.3 Å². The zero-order valence-electron chi connectivity index (χ0n) is 16.6. The summed E-state index contributed by atoms with van der Waals surface area (Å²) in [5, 5.41) is 6.30. The summed E-state index contributed by atoms with van der Waals surface area (Å²) in [6.07, 6.45) is 0. The van der Waals surface area contributed by atoms with Gasteiger partial charge in [-0.1, -0.05) is 29.3 Å². The van der Waals surface area contributed by atoms with Gasteiger partial charge in [0.05, 0.1) is 15.7 Å². The van der Waals surface area contributed by atoms with Crippen LogP contribution in [-0.2, 0) is 0 Å². The molecule has 1 aliphatic rings. The molecule has 0 radical (unpaired) electrons. The maximum atomic E-state index is 12.9. The largest absolute Gasteiger partial charge is 0.435 e. The van der Waals surface area contributed by atoms with E-state index in [2.05, 4.69) is 19.9 Å². The minimum atomic E-state index is -2.87. The van der Waals surface area contributed by atoms with Crippen LogP contribution in [0, 0.1) is 0 Å². The van der Waals surface area contributed by atoms with E-state index in [0.29, 0.717) is 52.7 Å². The Morgan fingerprint density at radius 1 is 1.09 bits per heavy atom. The number of amides is 1. The number of piperazine rings is 1. The summed E-state index contributed by atoms with van der Waals surface area (Å²) in [6, 6.07) is 11.6. The molecule has 4 rings (SSSR count). The zero-order valence-corrected chi connectivity index (χ0v) is 18.9. The molecule has 0 bridgehead atoms. The number of anilines is 3. The van der Waals surface area contributed by atoms with Crippen LogP contribution in [0.25, 0.3) is 0 Å². The van der Waals surface area contributed by atoms with Crippen molar-refractivity contribution in [2.24, 2.45) is 0 Å². The lowest BCUT2D eigenvalue weighted by molar-refractivity contribution is -0.0498. The second-order valence-corrected chi connectivity index (χ2v) is 8.56. The zero-order chi connectivity index (χ0) is 22.7. The lowest BCUT2D eigenvalue weighted by Gasteiger charge is -2.36. The molecular weight excluding hydrogens is 481 g/mol. The monoisotopic (exact) mass is 498 g/mol. The summed E-state index contributed by atoms with van der Waals surface area (Å²) in [5.74, 6) is -0.0782. The van der Waals surface area contributed by atoms with E-state index in [0.717, 1.165) is 5.69 Å². The topological polar surface area (TPSA) is 57.7 Å². The van der Waals surface area contributed by atoms with Gasteiger partial charge in [-0.2, -0.15) is 8.78 Å². The van der Waals surface area contributed by atoms with Crippen LogP contribution in [0.1, 0.15) is 10.5 Å². The number of thiazole rings is 1. The number of ether oxygens (including phenoxy) is 1. The van der Waals surface area contributed by atoms with Crippen LogP contribution in [0.2, 0.25) is 10.0 Å². The Kier molecular flexibility index (Phi) is 6.98. The maximum absolute atomic E-state index is 12.9. The minimum Gasteiger partial charge on any atom is -0.435 e. The van der Waals surface area contributed by atoms with Crippen LogP contribution in [0.3, 0.4) is 0 Å². The van der Waals surface area contributed by atoms with Crippen molar-refractivity contribution in [2.45, 2.75) is 6.61 Å². The van der Waals surface area contributed by atoms with Crippen LogP contribution < -0.4 is 15.0 Å². The highest BCUT2D eigenvalue weighted by molar-refractivity contribution is 7.14. The first-order valence-electron chi connectivity index (χ1n) is 9.66. The first-order chi connectivity index (χ1) is 15.4. The number of halogens is 4. The van der Waals surface area contributed by atoms with Crippen molar-refractivity contribution in [3.05, 3.63) is 63.6 Å². The molecule has 3 aromatic rings. The van der Waals surface area contributed by atoms with Crippen LogP contribution in [0.4, 0.5) is 25.3 Å². The summed E-state index contributed by atoms with van der Waals surface area (Å²) >= 11 is 13.7. The van der Waals surface area contributed by atoms with E-state index >= 15 is 0 Å². The van der Waals surface area contributed by atoms with Crippen LogP contribution in [-0.4, -0.2) is 48.6 Å². The number of alkyl halides is 2. The lowest BCUT2D eigenvalue weighted by Crippen LogP contribution is -2.49. The van der Waals surface area contributed by atoms with Gasteiger partial charge in [0, 0.05) is 37.2 Å². The second-order valence-electron chi connectivity index (χ2n) is 6.92. The van der Waals surface area contributed by atoms with E-state index in [4.69, 9.17) is 23.2 Å². The van der Waals surface area contributed by atoms with Crippen molar-refractivity contribution in [3.63, 3.8) is 0 Å². The fourth-order valence-electron chi connectivity index (χ4n) is 3.32. The summed E-state index contributed by atoms with van der Waals surface area (Å²) in [7, 11) is 0. The molecule has 0 unspecified atom stereocenters. The Balaban J connectivity index is 1.34. The van der Waals surface area contributed by atoms with E-state index in [1.54, 1.807) is 28.5 Å². The van der Waals surface area contributed by atoms with Crippen molar-refractivity contribution in [2.75, 3.05) is 36.4 Å². The molecule has 0 aliphatic carbocycles. The molecule has 2 aromatic carbocycles. The van der Waals surface area contributed by atoms with Crippen molar-refractivity contribution in [1.82, 2.24) is 9.88 Å².